The Morgan fingerprint density at radius 1 is 1.07 bits per heavy atom. The van der Waals surface area contributed by atoms with Crippen LogP contribution in [0.25, 0.3) is 0 Å². The first kappa shape index (κ1) is 21.3. The third-order valence-electron chi connectivity index (χ3n) is 5.37. The first-order chi connectivity index (χ1) is 13.3. The molecule has 6 nitrogen and oxygen atoms in total. The van der Waals surface area contributed by atoms with Crippen molar-refractivity contribution in [3.05, 3.63) is 22.4 Å². The third-order valence-corrected chi connectivity index (χ3v) is 6.34. The lowest BCUT2D eigenvalue weighted by atomic mass is 10.1. The molecule has 2 aliphatic heterocycles. The van der Waals surface area contributed by atoms with Gasteiger partial charge in [0.25, 0.3) is 0 Å². The molecule has 2 amide bonds. The van der Waals surface area contributed by atoms with E-state index < -0.39 is 0 Å². The Morgan fingerprint density at radius 3 is 2.43 bits per heavy atom. The van der Waals surface area contributed by atoms with Crippen molar-refractivity contribution in [2.75, 3.05) is 45.8 Å². The number of nitrogens with zero attached hydrogens (tertiary/aromatic N) is 3. The molecule has 0 unspecified atom stereocenters. The summed E-state index contributed by atoms with van der Waals surface area (Å²) in [6, 6.07) is 4.48. The van der Waals surface area contributed by atoms with E-state index in [0.717, 1.165) is 52.0 Å². The van der Waals surface area contributed by atoms with E-state index in [4.69, 9.17) is 0 Å². The van der Waals surface area contributed by atoms with Crippen LogP contribution in [0.4, 0.5) is 0 Å². The molecular formula is C21H34N4O2S. The molecule has 2 aliphatic rings. The summed E-state index contributed by atoms with van der Waals surface area (Å²) in [5.74, 6) is 0.322. The summed E-state index contributed by atoms with van der Waals surface area (Å²) in [7, 11) is 0. The number of amides is 2. The summed E-state index contributed by atoms with van der Waals surface area (Å²) in [6.45, 7) is 11.3. The third kappa shape index (κ3) is 6.03. The molecule has 28 heavy (non-hydrogen) atoms. The van der Waals surface area contributed by atoms with Crippen LogP contribution in [0.2, 0.25) is 0 Å². The predicted octanol–water partition coefficient (Wildman–Crippen LogP) is 2.33. The van der Waals surface area contributed by atoms with Crippen LogP contribution in [0.5, 0.6) is 0 Å². The van der Waals surface area contributed by atoms with Crippen LogP contribution in [0.1, 0.15) is 51.0 Å². The summed E-state index contributed by atoms with van der Waals surface area (Å²) in [5.41, 5.74) is -0.198. The van der Waals surface area contributed by atoms with Gasteiger partial charge in [0.15, 0.2) is 0 Å². The van der Waals surface area contributed by atoms with Crippen molar-refractivity contribution in [3.8, 4) is 0 Å². The molecule has 1 atom stereocenters. The second-order valence-corrected chi connectivity index (χ2v) is 9.94. The molecule has 1 aromatic rings. The van der Waals surface area contributed by atoms with Gasteiger partial charge in [-0.15, -0.1) is 11.3 Å². The van der Waals surface area contributed by atoms with Crippen molar-refractivity contribution in [1.29, 1.82) is 0 Å². The fourth-order valence-electron chi connectivity index (χ4n) is 4.13. The summed E-state index contributed by atoms with van der Waals surface area (Å²) >= 11 is 1.75. The van der Waals surface area contributed by atoms with Crippen LogP contribution < -0.4 is 5.32 Å². The lowest BCUT2D eigenvalue weighted by Gasteiger charge is -2.28. The molecule has 0 aliphatic carbocycles. The van der Waals surface area contributed by atoms with Gasteiger partial charge < -0.3 is 10.2 Å². The zero-order valence-electron chi connectivity index (χ0n) is 17.4. The lowest BCUT2D eigenvalue weighted by molar-refractivity contribution is -0.133. The average Bonchev–Trinajstić information content (AvgIpc) is 3.24. The van der Waals surface area contributed by atoms with Gasteiger partial charge >= 0.3 is 0 Å². The highest BCUT2D eigenvalue weighted by atomic mass is 32.1. The Labute approximate surface area is 172 Å². The Morgan fingerprint density at radius 2 is 1.79 bits per heavy atom. The molecule has 1 aromatic heterocycles. The van der Waals surface area contributed by atoms with E-state index in [1.807, 2.05) is 20.8 Å². The van der Waals surface area contributed by atoms with Gasteiger partial charge in [-0.2, -0.15) is 0 Å². The predicted molar refractivity (Wildman–Crippen MR) is 113 cm³/mol. The maximum atomic E-state index is 13.0. The fourth-order valence-corrected chi connectivity index (χ4v) is 5.00. The standard InChI is InChI=1S/C21H34N4O2S/c1-21(2,3)22-19(26)15-23-9-6-10-24(13-12-23)16-20(27)25-11-4-7-17(25)18-8-5-14-28-18/h5,8,14,17H,4,6-7,9-13,15-16H2,1-3H3,(H,22,26)/t17-/m0/s1. The Kier molecular flexibility index (Phi) is 7.12. The van der Waals surface area contributed by atoms with E-state index in [0.29, 0.717) is 13.1 Å². The number of thiophene rings is 1. The van der Waals surface area contributed by atoms with Crippen molar-refractivity contribution in [2.24, 2.45) is 0 Å². The lowest BCUT2D eigenvalue weighted by Crippen LogP contribution is -2.46. The van der Waals surface area contributed by atoms with E-state index in [1.54, 1.807) is 11.3 Å². The second-order valence-electron chi connectivity index (χ2n) is 8.96. The number of likely N-dealkylation sites (tertiary alicyclic amines) is 1. The molecule has 2 saturated heterocycles. The molecule has 3 heterocycles. The number of nitrogens with one attached hydrogen (secondary N) is 1. The maximum absolute atomic E-state index is 13.0. The highest BCUT2D eigenvalue weighted by molar-refractivity contribution is 7.10. The van der Waals surface area contributed by atoms with Crippen molar-refractivity contribution in [3.63, 3.8) is 0 Å². The van der Waals surface area contributed by atoms with Crippen molar-refractivity contribution in [1.82, 2.24) is 20.0 Å². The smallest absolute Gasteiger partial charge is 0.237 e. The van der Waals surface area contributed by atoms with Crippen molar-refractivity contribution < 1.29 is 9.59 Å². The zero-order chi connectivity index (χ0) is 20.1. The number of carbonyl (C=O) groups excluding carboxylic acids is 2. The Bertz CT molecular complexity index is 656. The molecule has 3 rings (SSSR count). The Balaban J connectivity index is 1.48. The van der Waals surface area contributed by atoms with Gasteiger partial charge in [0.1, 0.15) is 0 Å². The van der Waals surface area contributed by atoms with E-state index in [9.17, 15) is 9.59 Å². The monoisotopic (exact) mass is 406 g/mol. The number of rotatable bonds is 5. The zero-order valence-corrected chi connectivity index (χ0v) is 18.3. The van der Waals surface area contributed by atoms with Gasteiger partial charge in [-0.1, -0.05) is 6.07 Å². The number of hydrogen-bond acceptors (Lipinski definition) is 5. The molecule has 7 heteroatoms. The first-order valence-electron chi connectivity index (χ1n) is 10.4. The molecule has 0 saturated carbocycles. The van der Waals surface area contributed by atoms with Gasteiger partial charge in [0.2, 0.25) is 11.8 Å². The molecule has 0 aromatic carbocycles. The second kappa shape index (κ2) is 9.37. The van der Waals surface area contributed by atoms with Crippen LogP contribution >= 0.6 is 11.3 Å². The SMILES string of the molecule is CC(C)(C)NC(=O)CN1CCCN(CC(=O)N2CCC[C@H]2c2cccs2)CC1. The van der Waals surface area contributed by atoms with E-state index in [-0.39, 0.29) is 23.4 Å². The molecule has 0 spiro atoms. The first-order valence-corrected chi connectivity index (χ1v) is 11.3. The van der Waals surface area contributed by atoms with Crippen LogP contribution in [-0.2, 0) is 9.59 Å². The van der Waals surface area contributed by atoms with Gasteiger partial charge in [0.05, 0.1) is 19.1 Å². The normalized spacial score (nSPS) is 22.2. The maximum Gasteiger partial charge on any atom is 0.237 e. The summed E-state index contributed by atoms with van der Waals surface area (Å²) in [5, 5.41) is 5.12. The molecule has 1 N–H and O–H groups in total. The van der Waals surface area contributed by atoms with E-state index >= 15 is 0 Å². The topological polar surface area (TPSA) is 55.9 Å². The molecule has 156 valence electrons. The van der Waals surface area contributed by atoms with Gasteiger partial charge in [-0.3, -0.25) is 19.4 Å². The summed E-state index contributed by atoms with van der Waals surface area (Å²) in [6.07, 6.45) is 3.15. The van der Waals surface area contributed by atoms with Crippen LogP contribution in [0.15, 0.2) is 17.5 Å². The largest absolute Gasteiger partial charge is 0.350 e. The van der Waals surface area contributed by atoms with Crippen LogP contribution in [0.3, 0.4) is 0 Å². The minimum atomic E-state index is -0.198. The minimum absolute atomic E-state index is 0.0767. The minimum Gasteiger partial charge on any atom is -0.350 e. The number of hydrogen-bond donors (Lipinski definition) is 1. The van der Waals surface area contributed by atoms with Gasteiger partial charge in [-0.05, 0) is 64.6 Å². The molecule has 0 radical (unpaired) electrons. The van der Waals surface area contributed by atoms with Crippen LogP contribution in [0, 0.1) is 0 Å². The van der Waals surface area contributed by atoms with Gasteiger partial charge in [0, 0.05) is 30.1 Å². The van der Waals surface area contributed by atoms with Crippen LogP contribution in [-0.4, -0.2) is 77.9 Å². The van der Waals surface area contributed by atoms with Crippen molar-refractivity contribution in [2.45, 2.75) is 51.6 Å². The van der Waals surface area contributed by atoms with E-state index in [1.165, 1.54) is 4.88 Å². The quantitative estimate of drug-likeness (QED) is 0.815. The molecular weight excluding hydrogens is 372 g/mol. The van der Waals surface area contributed by atoms with Crippen molar-refractivity contribution >= 4 is 23.2 Å². The van der Waals surface area contributed by atoms with E-state index in [2.05, 4.69) is 37.5 Å². The summed E-state index contributed by atoms with van der Waals surface area (Å²) in [4.78, 5) is 33.0. The highest BCUT2D eigenvalue weighted by Gasteiger charge is 2.31. The summed E-state index contributed by atoms with van der Waals surface area (Å²) < 4.78 is 0. The Hall–Kier alpha value is -1.44. The highest BCUT2D eigenvalue weighted by Crippen LogP contribution is 2.34. The number of carbonyl (C=O) groups is 2. The molecule has 0 bridgehead atoms. The van der Waals surface area contributed by atoms with Gasteiger partial charge in [-0.25, -0.2) is 0 Å². The fraction of sp³-hybridized carbons (Fsp3) is 0.714. The molecule has 2 fully saturated rings. The average molecular weight is 407 g/mol.